The van der Waals surface area contributed by atoms with Crippen LogP contribution in [0.5, 0.6) is 0 Å². The molecule has 3 N–H and O–H groups in total. The Kier molecular flexibility index (Phi) is 3.61. The lowest BCUT2D eigenvalue weighted by molar-refractivity contribution is -0.136. The van der Waals surface area contributed by atoms with Gasteiger partial charge in [0.15, 0.2) is 4.73 Å². The van der Waals surface area contributed by atoms with E-state index in [4.69, 9.17) is 10.8 Å². The molecule has 1 aromatic heterocycles. The van der Waals surface area contributed by atoms with E-state index in [1.165, 1.54) is 0 Å². The van der Waals surface area contributed by atoms with Gasteiger partial charge >= 0.3 is 5.97 Å². The summed E-state index contributed by atoms with van der Waals surface area (Å²) in [5.74, 6) is -0.683. The van der Waals surface area contributed by atoms with Crippen molar-refractivity contribution in [1.29, 1.82) is 0 Å². The maximum atomic E-state index is 10.8. The standard InChI is InChI=1S/C11H11BrN4O2/c12-10-14-11(13)15-16(10)6-8-4-2-1-3-7(8)5-9(17)18/h1-4H,5-6H2,(H2,13,15)(H,17,18). The van der Waals surface area contributed by atoms with Crippen LogP contribution in [0.15, 0.2) is 29.0 Å². The van der Waals surface area contributed by atoms with E-state index in [9.17, 15) is 4.79 Å². The van der Waals surface area contributed by atoms with E-state index in [-0.39, 0.29) is 12.4 Å². The molecule has 0 spiro atoms. The van der Waals surface area contributed by atoms with Gasteiger partial charge in [-0.2, -0.15) is 4.98 Å². The molecule has 0 radical (unpaired) electrons. The number of aromatic nitrogens is 3. The van der Waals surface area contributed by atoms with Gasteiger partial charge in [-0.15, -0.1) is 5.10 Å². The van der Waals surface area contributed by atoms with Crippen molar-refractivity contribution >= 4 is 27.8 Å². The summed E-state index contributed by atoms with van der Waals surface area (Å²) in [6.45, 7) is 0.425. The smallest absolute Gasteiger partial charge is 0.307 e. The van der Waals surface area contributed by atoms with E-state index >= 15 is 0 Å². The quantitative estimate of drug-likeness (QED) is 0.887. The Hall–Kier alpha value is -1.89. The van der Waals surface area contributed by atoms with E-state index in [0.29, 0.717) is 11.3 Å². The number of carboxylic acids is 1. The van der Waals surface area contributed by atoms with Gasteiger partial charge in [-0.05, 0) is 27.1 Å². The van der Waals surface area contributed by atoms with Crippen molar-refractivity contribution in [3.05, 3.63) is 40.1 Å². The number of hydrogen-bond acceptors (Lipinski definition) is 4. The van der Waals surface area contributed by atoms with Crippen LogP contribution in [0.25, 0.3) is 0 Å². The monoisotopic (exact) mass is 310 g/mol. The van der Waals surface area contributed by atoms with Gasteiger partial charge in [-0.1, -0.05) is 24.3 Å². The molecule has 0 aliphatic heterocycles. The second kappa shape index (κ2) is 5.18. The molecular weight excluding hydrogens is 300 g/mol. The highest BCUT2D eigenvalue weighted by atomic mass is 79.9. The number of nitrogens with zero attached hydrogens (tertiary/aromatic N) is 3. The number of anilines is 1. The Morgan fingerprint density at radius 3 is 2.61 bits per heavy atom. The molecule has 18 heavy (non-hydrogen) atoms. The van der Waals surface area contributed by atoms with Gasteiger partial charge in [0.1, 0.15) is 0 Å². The van der Waals surface area contributed by atoms with E-state index < -0.39 is 5.97 Å². The molecule has 2 rings (SSSR count). The molecule has 2 aromatic rings. The molecule has 0 aliphatic carbocycles. The van der Waals surface area contributed by atoms with Gasteiger partial charge in [0.05, 0.1) is 13.0 Å². The molecule has 0 unspecified atom stereocenters. The molecule has 0 atom stereocenters. The lowest BCUT2D eigenvalue weighted by Gasteiger charge is -2.07. The molecule has 0 bridgehead atoms. The normalized spacial score (nSPS) is 10.5. The van der Waals surface area contributed by atoms with Crippen molar-refractivity contribution < 1.29 is 9.90 Å². The zero-order valence-corrected chi connectivity index (χ0v) is 11.0. The maximum Gasteiger partial charge on any atom is 0.307 e. The van der Waals surface area contributed by atoms with Crippen LogP contribution in [0.3, 0.4) is 0 Å². The summed E-state index contributed by atoms with van der Waals surface area (Å²) >= 11 is 3.24. The first-order valence-electron chi connectivity index (χ1n) is 5.20. The highest BCUT2D eigenvalue weighted by Gasteiger charge is 2.10. The molecule has 0 aliphatic rings. The van der Waals surface area contributed by atoms with Crippen LogP contribution in [0.2, 0.25) is 0 Å². The van der Waals surface area contributed by atoms with E-state index in [1.54, 1.807) is 10.7 Å². The number of hydrogen-bond donors (Lipinski definition) is 2. The Morgan fingerprint density at radius 2 is 2.06 bits per heavy atom. The fourth-order valence-electron chi connectivity index (χ4n) is 1.65. The number of carboxylic acid groups (broad SMARTS) is 1. The highest BCUT2D eigenvalue weighted by molar-refractivity contribution is 9.10. The number of nitrogen functional groups attached to an aromatic ring is 1. The fraction of sp³-hybridized carbons (Fsp3) is 0.182. The summed E-state index contributed by atoms with van der Waals surface area (Å²) < 4.78 is 2.10. The van der Waals surface area contributed by atoms with Crippen molar-refractivity contribution in [3.8, 4) is 0 Å². The van der Waals surface area contributed by atoms with Crippen molar-refractivity contribution in [2.45, 2.75) is 13.0 Å². The lowest BCUT2D eigenvalue weighted by atomic mass is 10.0. The van der Waals surface area contributed by atoms with E-state index in [2.05, 4.69) is 26.0 Å². The molecule has 94 valence electrons. The largest absolute Gasteiger partial charge is 0.481 e. The van der Waals surface area contributed by atoms with E-state index in [1.807, 2.05) is 18.2 Å². The first-order chi connectivity index (χ1) is 8.56. The predicted molar refractivity (Wildman–Crippen MR) is 69.0 cm³/mol. The molecule has 1 aromatic carbocycles. The molecule has 1 heterocycles. The Bertz CT molecular complexity index is 582. The fourth-order valence-corrected chi connectivity index (χ4v) is 2.03. The zero-order chi connectivity index (χ0) is 13.1. The summed E-state index contributed by atoms with van der Waals surface area (Å²) in [5.41, 5.74) is 7.12. The first-order valence-corrected chi connectivity index (χ1v) is 6.00. The second-order valence-electron chi connectivity index (χ2n) is 3.74. The summed E-state index contributed by atoms with van der Waals surface area (Å²) in [4.78, 5) is 14.7. The number of carbonyl (C=O) groups is 1. The van der Waals surface area contributed by atoms with Crippen LogP contribution in [0, 0.1) is 0 Å². The van der Waals surface area contributed by atoms with Crippen LogP contribution in [-0.2, 0) is 17.8 Å². The van der Waals surface area contributed by atoms with E-state index in [0.717, 1.165) is 11.1 Å². The highest BCUT2D eigenvalue weighted by Crippen LogP contribution is 2.15. The molecule has 0 saturated heterocycles. The van der Waals surface area contributed by atoms with Crippen LogP contribution < -0.4 is 5.73 Å². The average Bonchev–Trinajstić information content (AvgIpc) is 2.59. The Morgan fingerprint density at radius 1 is 1.39 bits per heavy atom. The number of halogens is 1. The number of aliphatic carboxylic acids is 1. The Balaban J connectivity index is 2.28. The average molecular weight is 311 g/mol. The number of rotatable bonds is 4. The minimum absolute atomic E-state index is 0.0159. The van der Waals surface area contributed by atoms with Crippen molar-refractivity contribution in [2.24, 2.45) is 0 Å². The number of benzene rings is 1. The van der Waals surface area contributed by atoms with Crippen molar-refractivity contribution in [2.75, 3.05) is 5.73 Å². The topological polar surface area (TPSA) is 94.0 Å². The van der Waals surface area contributed by atoms with Crippen molar-refractivity contribution in [3.63, 3.8) is 0 Å². The summed E-state index contributed by atoms with van der Waals surface area (Å²) in [5, 5.41) is 12.9. The van der Waals surface area contributed by atoms with Gasteiger partial charge in [0.2, 0.25) is 5.95 Å². The van der Waals surface area contributed by atoms with Gasteiger partial charge in [0.25, 0.3) is 0 Å². The van der Waals surface area contributed by atoms with Crippen LogP contribution in [-0.4, -0.2) is 25.8 Å². The minimum atomic E-state index is -0.861. The molecule has 0 fully saturated rings. The molecular formula is C11H11BrN4O2. The molecule has 6 nitrogen and oxygen atoms in total. The van der Waals surface area contributed by atoms with Gasteiger partial charge in [-0.25, -0.2) is 4.68 Å². The first kappa shape index (κ1) is 12.6. The van der Waals surface area contributed by atoms with Crippen molar-refractivity contribution in [1.82, 2.24) is 14.8 Å². The third kappa shape index (κ3) is 2.86. The summed E-state index contributed by atoms with van der Waals surface area (Å²) in [7, 11) is 0. The third-order valence-corrected chi connectivity index (χ3v) is 3.01. The van der Waals surface area contributed by atoms with Gasteiger partial charge < -0.3 is 10.8 Å². The minimum Gasteiger partial charge on any atom is -0.481 e. The van der Waals surface area contributed by atoms with Gasteiger partial charge in [0, 0.05) is 0 Å². The van der Waals surface area contributed by atoms with Crippen LogP contribution >= 0.6 is 15.9 Å². The lowest BCUT2D eigenvalue weighted by Crippen LogP contribution is -2.08. The SMILES string of the molecule is Nc1nc(Br)n(Cc2ccccc2CC(=O)O)n1. The van der Waals surface area contributed by atoms with Gasteiger partial charge in [-0.3, -0.25) is 4.79 Å². The Labute approximate surface area is 112 Å². The molecule has 0 amide bonds. The third-order valence-electron chi connectivity index (χ3n) is 2.42. The predicted octanol–water partition coefficient (Wildman–Crippen LogP) is 1.30. The maximum absolute atomic E-state index is 10.8. The molecule has 0 saturated carbocycles. The second-order valence-corrected chi connectivity index (χ2v) is 4.45. The van der Waals surface area contributed by atoms with Crippen LogP contribution in [0.1, 0.15) is 11.1 Å². The zero-order valence-electron chi connectivity index (χ0n) is 9.38. The molecule has 7 heteroatoms. The number of nitrogens with two attached hydrogens (primary N) is 1. The summed E-state index contributed by atoms with van der Waals surface area (Å²) in [6, 6.07) is 7.32. The van der Waals surface area contributed by atoms with Crippen LogP contribution in [0.4, 0.5) is 5.95 Å². The summed E-state index contributed by atoms with van der Waals surface area (Å²) in [6.07, 6.45) is -0.0159.